The summed E-state index contributed by atoms with van der Waals surface area (Å²) in [7, 11) is 0. The van der Waals surface area contributed by atoms with Gasteiger partial charge in [-0.3, -0.25) is 0 Å². The molecule has 0 bridgehead atoms. The molecule has 0 aliphatic rings. The van der Waals surface area contributed by atoms with E-state index in [0.717, 1.165) is 23.6 Å². The lowest BCUT2D eigenvalue weighted by atomic mass is 9.96. The minimum absolute atomic E-state index is 0.789. The Morgan fingerprint density at radius 1 is 1.50 bits per heavy atom. The third-order valence-electron chi connectivity index (χ3n) is 1.52. The van der Waals surface area contributed by atoms with Crippen molar-refractivity contribution in [2.45, 2.75) is 26.7 Å². The van der Waals surface area contributed by atoms with Gasteiger partial charge in [0, 0.05) is 5.33 Å². The fourth-order valence-electron chi connectivity index (χ4n) is 1.12. The molecule has 1 unspecified atom stereocenters. The van der Waals surface area contributed by atoms with Crippen molar-refractivity contribution in [3.8, 4) is 0 Å². The van der Waals surface area contributed by atoms with Crippen molar-refractivity contribution >= 4 is 15.9 Å². The highest BCUT2D eigenvalue weighted by molar-refractivity contribution is 9.09. The van der Waals surface area contributed by atoms with Crippen LogP contribution in [0.2, 0.25) is 0 Å². The number of halogens is 1. The Hall–Kier alpha value is 0.220. The van der Waals surface area contributed by atoms with E-state index in [9.17, 15) is 0 Å². The molecule has 0 saturated heterocycles. The van der Waals surface area contributed by atoms with Crippen LogP contribution in [0.4, 0.5) is 0 Å². The standard InChI is InChI=1S/C9H17Br/c1-4-5-9(7-10)6-8(2)3/h4,8-9H,1,5-7H2,2-3H3. The summed E-state index contributed by atoms with van der Waals surface area (Å²) in [4.78, 5) is 0. The largest absolute Gasteiger partial charge is 0.103 e. The van der Waals surface area contributed by atoms with Crippen molar-refractivity contribution in [1.82, 2.24) is 0 Å². The summed E-state index contributed by atoms with van der Waals surface area (Å²) in [6, 6.07) is 0. The van der Waals surface area contributed by atoms with Crippen LogP contribution in [0.3, 0.4) is 0 Å². The van der Waals surface area contributed by atoms with Gasteiger partial charge in [0.25, 0.3) is 0 Å². The highest BCUT2D eigenvalue weighted by Gasteiger charge is 2.06. The Kier molecular flexibility index (Phi) is 6.10. The molecule has 0 aliphatic heterocycles. The van der Waals surface area contributed by atoms with Gasteiger partial charge in [-0.05, 0) is 24.7 Å². The van der Waals surface area contributed by atoms with E-state index in [1.807, 2.05) is 6.08 Å². The van der Waals surface area contributed by atoms with Crippen molar-refractivity contribution in [2.24, 2.45) is 11.8 Å². The molecule has 0 saturated carbocycles. The molecule has 0 N–H and O–H groups in total. The normalized spacial score (nSPS) is 13.6. The molecule has 60 valence electrons. The molecule has 0 rings (SSSR count). The van der Waals surface area contributed by atoms with E-state index in [0.29, 0.717) is 0 Å². The molecule has 0 nitrogen and oxygen atoms in total. The Morgan fingerprint density at radius 2 is 2.10 bits per heavy atom. The Bertz CT molecular complexity index is 86.7. The molecule has 0 radical (unpaired) electrons. The number of rotatable bonds is 5. The summed E-state index contributed by atoms with van der Waals surface area (Å²) in [6.07, 6.45) is 4.45. The van der Waals surface area contributed by atoms with Gasteiger partial charge in [-0.2, -0.15) is 0 Å². The van der Waals surface area contributed by atoms with Crippen molar-refractivity contribution in [2.75, 3.05) is 5.33 Å². The van der Waals surface area contributed by atoms with E-state index < -0.39 is 0 Å². The molecular formula is C9H17Br. The van der Waals surface area contributed by atoms with Crippen LogP contribution in [0, 0.1) is 11.8 Å². The van der Waals surface area contributed by atoms with Gasteiger partial charge < -0.3 is 0 Å². The quantitative estimate of drug-likeness (QED) is 0.475. The van der Waals surface area contributed by atoms with Crippen LogP contribution in [0.1, 0.15) is 26.7 Å². The number of hydrogen-bond donors (Lipinski definition) is 0. The zero-order valence-corrected chi connectivity index (χ0v) is 8.52. The van der Waals surface area contributed by atoms with Crippen molar-refractivity contribution < 1.29 is 0 Å². The van der Waals surface area contributed by atoms with Gasteiger partial charge in [0.2, 0.25) is 0 Å². The average molecular weight is 205 g/mol. The highest BCUT2D eigenvalue weighted by atomic mass is 79.9. The van der Waals surface area contributed by atoms with E-state index in [4.69, 9.17) is 0 Å². The van der Waals surface area contributed by atoms with Gasteiger partial charge in [0.1, 0.15) is 0 Å². The maximum absolute atomic E-state index is 3.73. The first kappa shape index (κ1) is 10.2. The van der Waals surface area contributed by atoms with Crippen molar-refractivity contribution in [3.63, 3.8) is 0 Å². The highest BCUT2D eigenvalue weighted by Crippen LogP contribution is 2.17. The van der Waals surface area contributed by atoms with Crippen LogP contribution >= 0.6 is 15.9 Å². The van der Waals surface area contributed by atoms with E-state index >= 15 is 0 Å². The second-order valence-corrected chi connectivity index (χ2v) is 3.82. The first-order valence-electron chi connectivity index (χ1n) is 3.87. The van der Waals surface area contributed by atoms with Gasteiger partial charge in [0.05, 0.1) is 0 Å². The van der Waals surface area contributed by atoms with Crippen LogP contribution in [0.25, 0.3) is 0 Å². The predicted octanol–water partition coefficient (Wildman–Crippen LogP) is 3.62. The van der Waals surface area contributed by atoms with E-state index in [1.54, 1.807) is 0 Å². The second kappa shape index (κ2) is 5.96. The Labute approximate surface area is 72.8 Å². The average Bonchev–Trinajstić information content (AvgIpc) is 1.86. The molecule has 0 aromatic heterocycles. The molecule has 0 spiro atoms. The summed E-state index contributed by atoms with van der Waals surface area (Å²) in [5, 5.41) is 1.11. The predicted molar refractivity (Wildman–Crippen MR) is 51.6 cm³/mol. The fourth-order valence-corrected chi connectivity index (χ4v) is 1.65. The summed E-state index contributed by atoms with van der Waals surface area (Å²) in [5.74, 6) is 1.60. The monoisotopic (exact) mass is 204 g/mol. The molecule has 1 atom stereocenters. The SMILES string of the molecule is C=CCC(CBr)CC(C)C. The van der Waals surface area contributed by atoms with Gasteiger partial charge in [0.15, 0.2) is 0 Å². The minimum atomic E-state index is 0.789. The first-order valence-corrected chi connectivity index (χ1v) is 4.99. The number of alkyl halides is 1. The molecule has 0 aliphatic carbocycles. The summed E-state index contributed by atoms with van der Waals surface area (Å²) in [5.41, 5.74) is 0. The van der Waals surface area contributed by atoms with Gasteiger partial charge in [-0.1, -0.05) is 35.9 Å². The summed E-state index contributed by atoms with van der Waals surface area (Å²) in [6.45, 7) is 8.26. The molecule has 0 amide bonds. The van der Waals surface area contributed by atoms with E-state index in [1.165, 1.54) is 6.42 Å². The Balaban J connectivity index is 3.48. The molecule has 0 aromatic rings. The topological polar surface area (TPSA) is 0 Å². The van der Waals surface area contributed by atoms with E-state index in [-0.39, 0.29) is 0 Å². The first-order chi connectivity index (χ1) is 4.70. The molecule has 0 aromatic carbocycles. The Morgan fingerprint density at radius 3 is 2.40 bits per heavy atom. The van der Waals surface area contributed by atoms with Crippen molar-refractivity contribution in [1.29, 1.82) is 0 Å². The maximum Gasteiger partial charge on any atom is 0.00627 e. The zero-order valence-electron chi connectivity index (χ0n) is 6.94. The molecule has 0 fully saturated rings. The van der Waals surface area contributed by atoms with E-state index in [2.05, 4.69) is 36.4 Å². The zero-order chi connectivity index (χ0) is 7.98. The van der Waals surface area contributed by atoms with Gasteiger partial charge >= 0.3 is 0 Å². The van der Waals surface area contributed by atoms with Gasteiger partial charge in [-0.15, -0.1) is 6.58 Å². The number of allylic oxidation sites excluding steroid dienone is 1. The summed E-state index contributed by atoms with van der Waals surface area (Å²) >= 11 is 3.50. The molecular weight excluding hydrogens is 188 g/mol. The second-order valence-electron chi connectivity index (χ2n) is 3.17. The smallest absolute Gasteiger partial charge is 0.00627 e. The lowest BCUT2D eigenvalue weighted by molar-refractivity contribution is 0.451. The lowest BCUT2D eigenvalue weighted by Gasteiger charge is -2.13. The summed E-state index contributed by atoms with van der Waals surface area (Å²) < 4.78 is 0. The lowest BCUT2D eigenvalue weighted by Crippen LogP contribution is -2.04. The maximum atomic E-state index is 3.73. The fraction of sp³-hybridized carbons (Fsp3) is 0.778. The van der Waals surface area contributed by atoms with Gasteiger partial charge in [-0.25, -0.2) is 0 Å². The van der Waals surface area contributed by atoms with Crippen LogP contribution in [0.5, 0.6) is 0 Å². The van der Waals surface area contributed by atoms with Crippen LogP contribution in [-0.2, 0) is 0 Å². The third kappa shape index (κ3) is 5.04. The molecule has 0 heterocycles. The van der Waals surface area contributed by atoms with Crippen LogP contribution in [0.15, 0.2) is 12.7 Å². The van der Waals surface area contributed by atoms with Crippen LogP contribution in [-0.4, -0.2) is 5.33 Å². The molecule has 1 heteroatoms. The third-order valence-corrected chi connectivity index (χ3v) is 2.44. The van der Waals surface area contributed by atoms with Crippen molar-refractivity contribution in [3.05, 3.63) is 12.7 Å². The molecule has 10 heavy (non-hydrogen) atoms. The van der Waals surface area contributed by atoms with Crippen LogP contribution < -0.4 is 0 Å². The number of hydrogen-bond acceptors (Lipinski definition) is 0. The minimum Gasteiger partial charge on any atom is -0.103 e.